The zero-order valence-electron chi connectivity index (χ0n) is 18.1. The molecule has 0 bridgehead atoms. The quantitative estimate of drug-likeness (QED) is 0.0788. The molecule has 0 saturated heterocycles. The molecule has 8 atom stereocenters. The summed E-state index contributed by atoms with van der Waals surface area (Å²) in [5.74, 6) is 0. The summed E-state index contributed by atoms with van der Waals surface area (Å²) in [6.07, 6.45) is -19.5. The maximum absolute atomic E-state index is 12.2. The van der Waals surface area contributed by atoms with Crippen molar-refractivity contribution in [2.45, 2.75) is 36.6 Å². The van der Waals surface area contributed by atoms with E-state index in [9.17, 15) is 56.6 Å². The molecule has 1 fully saturated rings. The fourth-order valence-corrected chi connectivity index (χ4v) is 8.07. The van der Waals surface area contributed by atoms with Crippen molar-refractivity contribution in [3.05, 3.63) is 0 Å². The van der Waals surface area contributed by atoms with Crippen LogP contribution >= 0.6 is 54.8 Å². The number of rotatable bonds is 14. The fourth-order valence-electron chi connectivity index (χ4n) is 2.83. The van der Waals surface area contributed by atoms with Crippen LogP contribution in [0.5, 0.6) is 0 Å². The monoisotopic (exact) mass is 740 g/mol. The van der Waals surface area contributed by atoms with Crippen LogP contribution in [0.15, 0.2) is 0 Å². The Balaban J connectivity index is 3.95. The average Bonchev–Trinajstić information content (AvgIpc) is 2.57. The summed E-state index contributed by atoms with van der Waals surface area (Å²) in [5.41, 5.74) is 0. The highest BCUT2D eigenvalue weighted by molar-refractivity contribution is 7.61. The van der Waals surface area contributed by atoms with Crippen LogP contribution in [-0.2, 0) is 63.2 Å². The van der Waals surface area contributed by atoms with Crippen LogP contribution in [0.1, 0.15) is 0 Å². The molecule has 0 aromatic rings. The van der Waals surface area contributed by atoms with Crippen molar-refractivity contribution in [1.82, 2.24) is 0 Å². The molecule has 0 aliphatic heterocycles. The molecule has 34 heteroatoms. The van der Waals surface area contributed by atoms with Crippen molar-refractivity contribution in [1.29, 1.82) is 0 Å². The molecule has 240 valence electrons. The Morgan fingerprint density at radius 3 is 0.875 bits per heavy atom. The molecular formula is C6H19O27P7. The Morgan fingerprint density at radius 2 is 0.575 bits per heavy atom. The summed E-state index contributed by atoms with van der Waals surface area (Å²) >= 11 is 0. The molecule has 0 amide bonds. The lowest BCUT2D eigenvalue weighted by Gasteiger charge is -2.47. The highest BCUT2D eigenvalue weighted by Gasteiger charge is 2.61. The van der Waals surface area contributed by atoms with E-state index in [4.69, 9.17) is 39.1 Å². The van der Waals surface area contributed by atoms with Gasteiger partial charge in [0.25, 0.3) is 0 Å². The van der Waals surface area contributed by atoms with Crippen LogP contribution in [0.25, 0.3) is 0 Å². The van der Waals surface area contributed by atoms with Gasteiger partial charge in [-0.15, -0.1) is 0 Å². The van der Waals surface area contributed by atoms with E-state index in [1.54, 1.807) is 0 Å². The minimum absolute atomic E-state index is 3.13. The summed E-state index contributed by atoms with van der Waals surface area (Å²) in [4.78, 5) is 109. The summed E-state index contributed by atoms with van der Waals surface area (Å²) in [5, 5.41) is 10.5. The molecule has 0 radical (unpaired) electrons. The summed E-state index contributed by atoms with van der Waals surface area (Å²) < 4.78 is 108. The van der Waals surface area contributed by atoms with Crippen molar-refractivity contribution < 1.29 is 127 Å². The van der Waals surface area contributed by atoms with Crippen LogP contribution in [0.4, 0.5) is 0 Å². The third-order valence-electron chi connectivity index (χ3n) is 3.67. The topological polar surface area (TPSA) is 447 Å². The van der Waals surface area contributed by atoms with Gasteiger partial charge in [0.2, 0.25) is 0 Å². The normalized spacial score (nSPS) is 30.4. The predicted octanol–water partition coefficient (Wildman–Crippen LogP) is -3.02. The number of phosphoric acid groups is 7. The van der Waals surface area contributed by atoms with Gasteiger partial charge in [-0.25, -0.2) is 32.0 Å². The smallest absolute Gasteiger partial charge is 0.387 e. The minimum Gasteiger partial charge on any atom is -0.387 e. The second kappa shape index (κ2) is 13.0. The lowest BCUT2D eigenvalue weighted by molar-refractivity contribution is -0.205. The second-order valence-electron chi connectivity index (χ2n) is 6.89. The molecule has 2 unspecified atom stereocenters. The zero-order valence-corrected chi connectivity index (χ0v) is 24.4. The minimum atomic E-state index is -6.39. The second-order valence-corrected chi connectivity index (χ2v) is 16.0. The maximum Gasteiger partial charge on any atom is 0.481 e. The van der Waals surface area contributed by atoms with E-state index in [1.807, 2.05) is 0 Å². The van der Waals surface area contributed by atoms with Crippen molar-refractivity contribution in [2.75, 3.05) is 0 Å². The van der Waals surface area contributed by atoms with Gasteiger partial charge in [-0.05, 0) is 0 Å². The van der Waals surface area contributed by atoms with E-state index in [0.29, 0.717) is 0 Å². The molecule has 40 heavy (non-hydrogen) atoms. The number of aliphatic hydroxyl groups excluding tert-OH is 1. The summed E-state index contributed by atoms with van der Waals surface area (Å²) in [6, 6.07) is 0. The SMILES string of the molecule is O=P(O)(O)O[C@@H]1[C@@H](OP(=O)(O)O)[C@H](OP(=O)(O)O)[C@@H](O)[C@@H](OP(=O)(O)OP(=O)(O)O)[C@H]1OP(=O)(O)OP(=O)(O)O. The number of hydrogen-bond donors (Lipinski definition) is 13. The van der Waals surface area contributed by atoms with Gasteiger partial charge in [0, 0.05) is 0 Å². The van der Waals surface area contributed by atoms with E-state index >= 15 is 0 Å². The predicted molar refractivity (Wildman–Crippen MR) is 112 cm³/mol. The lowest BCUT2D eigenvalue weighted by atomic mass is 9.85. The van der Waals surface area contributed by atoms with Crippen LogP contribution in [0.3, 0.4) is 0 Å². The van der Waals surface area contributed by atoms with E-state index < -0.39 is 91.4 Å². The molecule has 0 heterocycles. The Kier molecular flexibility index (Phi) is 12.7. The van der Waals surface area contributed by atoms with Crippen molar-refractivity contribution >= 4 is 54.8 Å². The van der Waals surface area contributed by atoms with E-state index in [0.717, 1.165) is 0 Å². The van der Waals surface area contributed by atoms with Crippen LogP contribution < -0.4 is 0 Å². The molecule has 0 spiro atoms. The molecule has 1 saturated carbocycles. The molecule has 13 N–H and O–H groups in total. The Bertz CT molecular complexity index is 1230. The molecular weight excluding hydrogens is 721 g/mol. The molecule has 1 rings (SSSR count). The molecule has 1 aliphatic rings. The summed E-state index contributed by atoms with van der Waals surface area (Å²) in [6.45, 7) is 0. The van der Waals surface area contributed by atoms with E-state index in [-0.39, 0.29) is 0 Å². The van der Waals surface area contributed by atoms with E-state index in [2.05, 4.69) is 31.2 Å². The standard InChI is InChI=1S/C6H19O27P7/c7-1-2(27-34(8,9)10)4(28-35(11,12)13)6(29-36(14,15)16)5(31-40(25,26)33-38(20,21)22)3(1)30-39(23,24)32-37(17,18)19/h1-7H,(H,23,24)(H,25,26)(H2,8,9,10)(H2,11,12,13)(H2,14,15,16)(H2,17,18,19)(H2,20,21,22)/t1-,2-,3-,4+,5-,6-/m1/s1. The highest BCUT2D eigenvalue weighted by atomic mass is 31.3. The molecule has 0 aromatic carbocycles. The third-order valence-corrected chi connectivity index (χ3v) is 9.60. The Morgan fingerprint density at radius 1 is 0.350 bits per heavy atom. The largest absolute Gasteiger partial charge is 0.481 e. The lowest BCUT2D eigenvalue weighted by Crippen LogP contribution is -2.66. The Labute approximate surface area is 219 Å². The van der Waals surface area contributed by atoms with Gasteiger partial charge in [-0.2, -0.15) is 8.62 Å². The van der Waals surface area contributed by atoms with Gasteiger partial charge in [0.15, 0.2) is 0 Å². The van der Waals surface area contributed by atoms with Crippen molar-refractivity contribution in [3.63, 3.8) is 0 Å². The van der Waals surface area contributed by atoms with Gasteiger partial charge < -0.3 is 63.8 Å². The summed E-state index contributed by atoms with van der Waals surface area (Å²) in [7, 11) is -43.0. The average molecular weight is 740 g/mol. The number of aliphatic hydroxyl groups is 1. The van der Waals surface area contributed by atoms with Crippen molar-refractivity contribution in [2.24, 2.45) is 0 Å². The fraction of sp³-hybridized carbons (Fsp3) is 1.00. The molecule has 27 nitrogen and oxygen atoms in total. The van der Waals surface area contributed by atoms with Crippen LogP contribution in [0.2, 0.25) is 0 Å². The van der Waals surface area contributed by atoms with Gasteiger partial charge in [0.1, 0.15) is 36.6 Å². The van der Waals surface area contributed by atoms with Gasteiger partial charge >= 0.3 is 54.8 Å². The number of hydrogen-bond acceptors (Lipinski definition) is 15. The maximum atomic E-state index is 12.2. The van der Waals surface area contributed by atoms with E-state index in [1.165, 1.54) is 0 Å². The molecule has 1 aliphatic carbocycles. The molecule has 0 aromatic heterocycles. The highest BCUT2D eigenvalue weighted by Crippen LogP contribution is 2.63. The van der Waals surface area contributed by atoms with Crippen LogP contribution in [0, 0.1) is 0 Å². The van der Waals surface area contributed by atoms with Crippen LogP contribution in [-0.4, -0.2) is 100 Å². The van der Waals surface area contributed by atoms with Gasteiger partial charge in [0.05, 0.1) is 0 Å². The first-order valence-electron chi connectivity index (χ1n) is 8.76. The number of phosphoric ester groups is 5. The van der Waals surface area contributed by atoms with Gasteiger partial charge in [-0.1, -0.05) is 0 Å². The van der Waals surface area contributed by atoms with Gasteiger partial charge in [-0.3, -0.25) is 22.6 Å². The zero-order chi connectivity index (χ0) is 31.9. The third kappa shape index (κ3) is 14.5. The first-order chi connectivity index (χ1) is 17.3. The van der Waals surface area contributed by atoms with Crippen molar-refractivity contribution in [3.8, 4) is 0 Å². The Hall–Kier alpha value is 0.810. The first kappa shape index (κ1) is 38.8. The first-order valence-corrected chi connectivity index (χ1v) is 19.4.